The number of nitroso groups, excluding NO2 is 1. The topological polar surface area (TPSA) is 71.0 Å². The minimum absolute atomic E-state index is 0.365. The number of fused-ring (bicyclic) bond motifs is 4. The molecular weight excluding hydrogens is 240 g/mol. The highest BCUT2D eigenvalue weighted by Gasteiger charge is 2.15. The highest BCUT2D eigenvalue weighted by Crippen LogP contribution is 2.38. The molecule has 1 N–H and O–H groups in total. The average molecular weight is 248 g/mol. The Balaban J connectivity index is 2.33. The van der Waals surface area contributed by atoms with Gasteiger partial charge in [0.2, 0.25) is 0 Å². The molecule has 2 aromatic heterocycles. The Morgan fingerprint density at radius 3 is 2.58 bits per heavy atom. The van der Waals surface area contributed by atoms with E-state index in [9.17, 15) is 4.91 Å². The first kappa shape index (κ1) is 10.1. The molecule has 0 radical (unpaired) electrons. The van der Waals surface area contributed by atoms with Gasteiger partial charge in [0.1, 0.15) is 16.7 Å². The van der Waals surface area contributed by atoms with E-state index in [-0.39, 0.29) is 0 Å². The molecule has 0 saturated heterocycles. The molecule has 0 bridgehead atoms. The van der Waals surface area contributed by atoms with Crippen LogP contribution in [0.25, 0.3) is 32.8 Å². The summed E-state index contributed by atoms with van der Waals surface area (Å²) in [5.74, 6) is 0. The summed E-state index contributed by atoms with van der Waals surface area (Å²) in [5, 5.41) is 4.84. The summed E-state index contributed by atoms with van der Waals surface area (Å²) in [7, 11) is 0. The number of aromatic nitrogens is 3. The summed E-state index contributed by atoms with van der Waals surface area (Å²) in [6.45, 7) is 0. The molecule has 90 valence electrons. The minimum Gasteiger partial charge on any atom is -0.366 e. The first-order chi connectivity index (χ1) is 9.38. The quantitative estimate of drug-likeness (QED) is 0.522. The zero-order valence-corrected chi connectivity index (χ0v) is 9.79. The second kappa shape index (κ2) is 3.58. The van der Waals surface area contributed by atoms with E-state index in [4.69, 9.17) is 0 Å². The lowest BCUT2D eigenvalue weighted by atomic mass is 10.2. The number of pyridine rings is 1. The van der Waals surface area contributed by atoms with Crippen LogP contribution in [0.2, 0.25) is 0 Å². The summed E-state index contributed by atoms with van der Waals surface area (Å²) < 4.78 is 0. The van der Waals surface area contributed by atoms with E-state index in [1.165, 1.54) is 0 Å². The number of aromatic amines is 1. The molecular formula is C14H8N4O. The maximum atomic E-state index is 11.1. The van der Waals surface area contributed by atoms with Gasteiger partial charge in [0, 0.05) is 23.2 Å². The second-order valence-corrected chi connectivity index (χ2v) is 4.32. The van der Waals surface area contributed by atoms with E-state index in [2.05, 4.69) is 20.1 Å². The maximum Gasteiger partial charge on any atom is 0.143 e. The van der Waals surface area contributed by atoms with Crippen molar-refractivity contribution in [2.75, 3.05) is 0 Å². The number of nitrogens with one attached hydrogen (secondary N) is 1. The zero-order chi connectivity index (χ0) is 12.8. The van der Waals surface area contributed by atoms with Crippen molar-refractivity contribution in [1.29, 1.82) is 0 Å². The molecule has 0 unspecified atom stereocenters. The lowest BCUT2D eigenvalue weighted by molar-refractivity contribution is 1.30. The van der Waals surface area contributed by atoms with Crippen molar-refractivity contribution >= 4 is 38.5 Å². The van der Waals surface area contributed by atoms with Crippen LogP contribution in [0.15, 0.2) is 47.9 Å². The number of hydrogen-bond acceptors (Lipinski definition) is 4. The molecule has 0 aliphatic heterocycles. The van der Waals surface area contributed by atoms with E-state index < -0.39 is 0 Å². The molecule has 4 aromatic rings. The molecule has 0 saturated carbocycles. The van der Waals surface area contributed by atoms with Crippen LogP contribution < -0.4 is 0 Å². The fourth-order valence-electron chi connectivity index (χ4n) is 2.41. The normalized spacial score (nSPS) is 11.4. The Labute approximate surface area is 107 Å². The molecule has 0 aliphatic carbocycles. The lowest BCUT2D eigenvalue weighted by Gasteiger charge is -1.97. The highest BCUT2D eigenvalue weighted by atomic mass is 16.3. The average Bonchev–Trinajstić information content (AvgIpc) is 2.78. The Bertz CT molecular complexity index is 942. The highest BCUT2D eigenvalue weighted by molar-refractivity contribution is 6.18. The van der Waals surface area contributed by atoms with Crippen LogP contribution in [0.1, 0.15) is 0 Å². The van der Waals surface area contributed by atoms with Crippen molar-refractivity contribution in [3.8, 4) is 0 Å². The largest absolute Gasteiger partial charge is 0.366 e. The molecule has 0 amide bonds. The first-order valence-electron chi connectivity index (χ1n) is 5.87. The number of nitrogens with zero attached hydrogens (tertiary/aromatic N) is 3. The van der Waals surface area contributed by atoms with Gasteiger partial charge in [-0.2, -0.15) is 0 Å². The second-order valence-electron chi connectivity index (χ2n) is 4.32. The predicted octanol–water partition coefficient (Wildman–Crippen LogP) is 3.66. The minimum atomic E-state index is 0.365. The number of rotatable bonds is 1. The van der Waals surface area contributed by atoms with E-state index in [0.29, 0.717) is 11.2 Å². The Morgan fingerprint density at radius 1 is 0.947 bits per heavy atom. The van der Waals surface area contributed by atoms with Crippen LogP contribution in [0, 0.1) is 4.91 Å². The summed E-state index contributed by atoms with van der Waals surface area (Å²) in [6, 6.07) is 9.45. The van der Waals surface area contributed by atoms with E-state index in [1.54, 1.807) is 12.4 Å². The van der Waals surface area contributed by atoms with Gasteiger partial charge in [-0.15, -0.1) is 4.91 Å². The summed E-state index contributed by atoms with van der Waals surface area (Å²) in [6.07, 6.45) is 3.56. The SMILES string of the molecule is O=Nc1c2ccccc2c2nc3cc[nH]cc3nc12. The lowest BCUT2D eigenvalue weighted by Crippen LogP contribution is -1.85. The number of benzene rings is 1. The van der Waals surface area contributed by atoms with Gasteiger partial charge in [0.15, 0.2) is 0 Å². The van der Waals surface area contributed by atoms with Gasteiger partial charge in [0.25, 0.3) is 0 Å². The van der Waals surface area contributed by atoms with Crippen molar-refractivity contribution < 1.29 is 0 Å². The van der Waals surface area contributed by atoms with Crippen molar-refractivity contribution in [3.05, 3.63) is 47.6 Å². The van der Waals surface area contributed by atoms with Crippen molar-refractivity contribution in [2.45, 2.75) is 0 Å². The smallest absolute Gasteiger partial charge is 0.143 e. The maximum absolute atomic E-state index is 11.1. The standard InChI is InChI=1S/C14H8N4O/c19-18-13-9-4-2-1-3-8(9)12-14(13)17-11-7-15-6-5-10(11)16-12/h1-7,15H. The molecule has 0 atom stereocenters. The van der Waals surface area contributed by atoms with Crippen molar-refractivity contribution in [1.82, 2.24) is 15.0 Å². The molecule has 0 spiro atoms. The van der Waals surface area contributed by atoms with E-state index in [1.807, 2.05) is 30.3 Å². The van der Waals surface area contributed by atoms with Gasteiger partial charge in [-0.1, -0.05) is 24.3 Å². The molecule has 19 heavy (non-hydrogen) atoms. The number of H-pyrrole nitrogens is 1. The molecule has 0 fully saturated rings. The van der Waals surface area contributed by atoms with Crippen LogP contribution in [0.4, 0.5) is 5.69 Å². The Morgan fingerprint density at radius 2 is 1.74 bits per heavy atom. The Kier molecular flexibility index (Phi) is 1.91. The third kappa shape index (κ3) is 1.29. The van der Waals surface area contributed by atoms with Gasteiger partial charge in [-0.25, -0.2) is 9.97 Å². The molecule has 2 aromatic carbocycles. The van der Waals surface area contributed by atoms with Crippen molar-refractivity contribution in [3.63, 3.8) is 0 Å². The zero-order valence-electron chi connectivity index (χ0n) is 9.79. The fraction of sp³-hybridized carbons (Fsp3) is 0. The van der Waals surface area contributed by atoms with Gasteiger partial charge >= 0.3 is 0 Å². The molecule has 2 heterocycles. The van der Waals surface area contributed by atoms with Crippen LogP contribution >= 0.6 is 0 Å². The molecule has 5 heteroatoms. The first-order valence-corrected chi connectivity index (χ1v) is 5.87. The van der Waals surface area contributed by atoms with Gasteiger partial charge in [-0.05, 0) is 11.2 Å². The third-order valence-electron chi connectivity index (χ3n) is 3.26. The van der Waals surface area contributed by atoms with E-state index >= 15 is 0 Å². The third-order valence-corrected chi connectivity index (χ3v) is 3.26. The summed E-state index contributed by atoms with van der Waals surface area (Å²) in [5.41, 5.74) is 3.16. The summed E-state index contributed by atoms with van der Waals surface area (Å²) in [4.78, 5) is 23.2. The summed E-state index contributed by atoms with van der Waals surface area (Å²) >= 11 is 0. The van der Waals surface area contributed by atoms with Crippen LogP contribution in [0.5, 0.6) is 0 Å². The molecule has 5 nitrogen and oxygen atoms in total. The molecule has 0 aliphatic rings. The number of hydrogen-bond donors (Lipinski definition) is 1. The van der Waals surface area contributed by atoms with Crippen molar-refractivity contribution in [2.24, 2.45) is 5.18 Å². The Hall–Kier alpha value is -2.82. The monoisotopic (exact) mass is 248 g/mol. The van der Waals surface area contributed by atoms with Gasteiger partial charge in [-0.3, -0.25) is 0 Å². The van der Waals surface area contributed by atoms with Crippen LogP contribution in [-0.4, -0.2) is 15.0 Å². The van der Waals surface area contributed by atoms with Gasteiger partial charge < -0.3 is 4.98 Å². The van der Waals surface area contributed by atoms with Crippen LogP contribution in [-0.2, 0) is 0 Å². The van der Waals surface area contributed by atoms with E-state index in [0.717, 1.165) is 27.3 Å². The van der Waals surface area contributed by atoms with Crippen LogP contribution in [0.3, 0.4) is 0 Å². The fourth-order valence-corrected chi connectivity index (χ4v) is 2.41. The van der Waals surface area contributed by atoms with Gasteiger partial charge in [0.05, 0.1) is 11.0 Å². The predicted molar refractivity (Wildman–Crippen MR) is 74.4 cm³/mol. The molecule has 4 rings (SSSR count).